The fraction of sp³-hybridized carbons (Fsp3) is 0.643. The third kappa shape index (κ3) is 6.57. The predicted molar refractivity (Wildman–Crippen MR) is 83.4 cm³/mol. The van der Waals surface area contributed by atoms with Gasteiger partial charge in [-0.3, -0.25) is 9.59 Å². The highest BCUT2D eigenvalue weighted by atomic mass is 32.1. The van der Waals surface area contributed by atoms with Crippen molar-refractivity contribution >= 4 is 28.3 Å². The van der Waals surface area contributed by atoms with Crippen LogP contribution in [0, 0.1) is 5.92 Å². The molecule has 0 aliphatic heterocycles. The Morgan fingerprint density at radius 2 is 2.10 bits per heavy atom. The minimum atomic E-state index is -0.370. The van der Waals surface area contributed by atoms with Gasteiger partial charge in [-0.15, -0.1) is 11.3 Å². The maximum Gasteiger partial charge on any atom is 0.311 e. The number of thiazole rings is 1. The van der Waals surface area contributed by atoms with E-state index in [1.165, 1.54) is 11.3 Å². The van der Waals surface area contributed by atoms with Gasteiger partial charge in [-0.2, -0.15) is 0 Å². The minimum absolute atomic E-state index is 0.0640. The number of aromatic nitrogens is 1. The molecule has 0 saturated heterocycles. The Labute approximate surface area is 129 Å². The van der Waals surface area contributed by atoms with E-state index in [4.69, 9.17) is 4.74 Å². The van der Waals surface area contributed by atoms with Crippen molar-refractivity contribution in [3.05, 3.63) is 11.1 Å². The van der Waals surface area contributed by atoms with E-state index in [0.717, 1.165) is 0 Å². The summed E-state index contributed by atoms with van der Waals surface area (Å²) in [6.07, 6.45) is 0.153. The van der Waals surface area contributed by atoms with Gasteiger partial charge in [0, 0.05) is 11.9 Å². The molecule has 1 aromatic rings. The van der Waals surface area contributed by atoms with E-state index in [9.17, 15) is 9.59 Å². The van der Waals surface area contributed by atoms with Crippen molar-refractivity contribution in [3.63, 3.8) is 0 Å². The molecule has 1 rings (SSSR count). The molecule has 0 fully saturated rings. The SMILES string of the molecule is CCOC(=O)Cc1csc(NC(C)C(=O)NCC(C)C)n1. The van der Waals surface area contributed by atoms with Crippen LogP contribution in [0.5, 0.6) is 0 Å². The zero-order valence-electron chi connectivity index (χ0n) is 12.9. The molecule has 0 saturated carbocycles. The van der Waals surface area contributed by atoms with Crippen LogP contribution in [0.1, 0.15) is 33.4 Å². The second-order valence-corrected chi connectivity index (χ2v) is 5.99. The average Bonchev–Trinajstić information content (AvgIpc) is 2.83. The number of carbonyl (C=O) groups is 2. The van der Waals surface area contributed by atoms with Crippen LogP contribution in [0.25, 0.3) is 0 Å². The number of nitrogens with one attached hydrogen (secondary N) is 2. The number of anilines is 1. The summed E-state index contributed by atoms with van der Waals surface area (Å²) in [5.41, 5.74) is 0.649. The van der Waals surface area contributed by atoms with Crippen molar-refractivity contribution in [2.75, 3.05) is 18.5 Å². The first-order valence-electron chi connectivity index (χ1n) is 7.06. The first kappa shape index (κ1) is 17.4. The number of hydrogen-bond donors (Lipinski definition) is 2. The van der Waals surface area contributed by atoms with Crippen molar-refractivity contribution in [1.29, 1.82) is 0 Å². The maximum atomic E-state index is 11.9. The number of hydrogen-bond acceptors (Lipinski definition) is 6. The minimum Gasteiger partial charge on any atom is -0.466 e. The molecule has 0 bridgehead atoms. The molecule has 118 valence electrons. The molecule has 1 unspecified atom stereocenters. The second kappa shape index (κ2) is 8.61. The van der Waals surface area contributed by atoms with Crippen molar-refractivity contribution in [1.82, 2.24) is 10.3 Å². The predicted octanol–water partition coefficient (Wildman–Crippen LogP) is 1.82. The van der Waals surface area contributed by atoms with E-state index < -0.39 is 0 Å². The highest BCUT2D eigenvalue weighted by Gasteiger charge is 2.15. The van der Waals surface area contributed by atoms with E-state index in [1.807, 2.05) is 13.8 Å². The molecule has 1 aromatic heterocycles. The standard InChI is InChI=1S/C14H23N3O3S/c1-5-20-12(18)6-11-8-21-14(17-11)16-10(4)13(19)15-7-9(2)3/h8-10H,5-7H2,1-4H3,(H,15,19)(H,16,17). The summed E-state index contributed by atoms with van der Waals surface area (Å²) in [7, 11) is 0. The maximum absolute atomic E-state index is 11.9. The molecule has 1 heterocycles. The molecular formula is C14H23N3O3S. The van der Waals surface area contributed by atoms with Gasteiger partial charge in [-0.25, -0.2) is 4.98 Å². The van der Waals surface area contributed by atoms with E-state index in [0.29, 0.717) is 29.9 Å². The molecule has 1 amide bonds. The Kier molecular flexibility index (Phi) is 7.14. The number of ether oxygens (including phenoxy) is 1. The van der Waals surface area contributed by atoms with Crippen molar-refractivity contribution in [2.45, 2.75) is 40.2 Å². The van der Waals surface area contributed by atoms with Crippen LogP contribution in [0.15, 0.2) is 5.38 Å². The number of nitrogens with zero attached hydrogens (tertiary/aromatic N) is 1. The molecule has 0 radical (unpaired) electrons. The fourth-order valence-corrected chi connectivity index (χ4v) is 2.32. The summed E-state index contributed by atoms with van der Waals surface area (Å²) in [6, 6.07) is -0.370. The lowest BCUT2D eigenvalue weighted by Gasteiger charge is -2.14. The topological polar surface area (TPSA) is 80.3 Å². The highest BCUT2D eigenvalue weighted by molar-refractivity contribution is 7.13. The Hall–Kier alpha value is -1.63. The zero-order valence-corrected chi connectivity index (χ0v) is 13.8. The van der Waals surface area contributed by atoms with Crippen LogP contribution >= 0.6 is 11.3 Å². The highest BCUT2D eigenvalue weighted by Crippen LogP contribution is 2.17. The van der Waals surface area contributed by atoms with Gasteiger partial charge >= 0.3 is 5.97 Å². The summed E-state index contributed by atoms with van der Waals surface area (Å²) >= 11 is 1.37. The summed E-state index contributed by atoms with van der Waals surface area (Å²) in [5, 5.41) is 8.31. The zero-order chi connectivity index (χ0) is 15.8. The third-order valence-electron chi connectivity index (χ3n) is 2.60. The monoisotopic (exact) mass is 313 g/mol. The first-order valence-corrected chi connectivity index (χ1v) is 7.94. The van der Waals surface area contributed by atoms with E-state index in [2.05, 4.69) is 15.6 Å². The third-order valence-corrected chi connectivity index (χ3v) is 3.42. The van der Waals surface area contributed by atoms with Crippen LogP contribution in [0.3, 0.4) is 0 Å². The number of esters is 1. The largest absolute Gasteiger partial charge is 0.466 e. The molecule has 1 atom stereocenters. The van der Waals surface area contributed by atoms with E-state index in [1.54, 1.807) is 19.2 Å². The Morgan fingerprint density at radius 3 is 2.71 bits per heavy atom. The molecule has 0 aliphatic carbocycles. The molecule has 0 spiro atoms. The normalized spacial score (nSPS) is 12.0. The molecule has 0 aromatic carbocycles. The van der Waals surface area contributed by atoms with Gasteiger partial charge in [-0.1, -0.05) is 13.8 Å². The van der Waals surface area contributed by atoms with Crippen LogP contribution in [-0.2, 0) is 20.7 Å². The van der Waals surface area contributed by atoms with Gasteiger partial charge in [-0.05, 0) is 19.8 Å². The van der Waals surface area contributed by atoms with Gasteiger partial charge in [0.05, 0.1) is 18.7 Å². The van der Waals surface area contributed by atoms with Gasteiger partial charge in [0.25, 0.3) is 0 Å². The van der Waals surface area contributed by atoms with Crippen LogP contribution < -0.4 is 10.6 Å². The van der Waals surface area contributed by atoms with Gasteiger partial charge in [0.1, 0.15) is 6.04 Å². The molecule has 0 aliphatic rings. The Morgan fingerprint density at radius 1 is 1.38 bits per heavy atom. The van der Waals surface area contributed by atoms with Gasteiger partial charge in [0.2, 0.25) is 5.91 Å². The smallest absolute Gasteiger partial charge is 0.311 e. The Balaban J connectivity index is 2.46. The summed E-state index contributed by atoms with van der Waals surface area (Å²) in [5.74, 6) is 0.0557. The average molecular weight is 313 g/mol. The summed E-state index contributed by atoms with van der Waals surface area (Å²) in [6.45, 7) is 8.64. The second-order valence-electron chi connectivity index (χ2n) is 5.13. The lowest BCUT2D eigenvalue weighted by atomic mass is 10.2. The van der Waals surface area contributed by atoms with Crippen molar-refractivity contribution in [3.8, 4) is 0 Å². The lowest BCUT2D eigenvalue weighted by molar-refractivity contribution is -0.142. The van der Waals surface area contributed by atoms with Gasteiger partial charge in [0.15, 0.2) is 5.13 Å². The number of rotatable bonds is 8. The van der Waals surface area contributed by atoms with Crippen molar-refractivity contribution in [2.24, 2.45) is 5.92 Å². The van der Waals surface area contributed by atoms with E-state index >= 15 is 0 Å². The molecule has 7 heteroatoms. The van der Waals surface area contributed by atoms with E-state index in [-0.39, 0.29) is 24.3 Å². The number of amides is 1. The Bertz CT molecular complexity index is 474. The summed E-state index contributed by atoms with van der Waals surface area (Å²) in [4.78, 5) is 27.5. The van der Waals surface area contributed by atoms with Crippen LogP contribution in [-0.4, -0.2) is 36.1 Å². The van der Waals surface area contributed by atoms with Crippen LogP contribution in [0.4, 0.5) is 5.13 Å². The van der Waals surface area contributed by atoms with Crippen LogP contribution in [0.2, 0.25) is 0 Å². The first-order chi connectivity index (χ1) is 9.92. The quantitative estimate of drug-likeness (QED) is 0.716. The fourth-order valence-electron chi connectivity index (χ4n) is 1.52. The molecule has 2 N–H and O–H groups in total. The number of carbonyl (C=O) groups excluding carboxylic acids is 2. The molecule has 6 nitrogen and oxygen atoms in total. The van der Waals surface area contributed by atoms with Crippen molar-refractivity contribution < 1.29 is 14.3 Å². The molecule has 21 heavy (non-hydrogen) atoms. The lowest BCUT2D eigenvalue weighted by Crippen LogP contribution is -2.39. The van der Waals surface area contributed by atoms with Gasteiger partial charge < -0.3 is 15.4 Å². The summed E-state index contributed by atoms with van der Waals surface area (Å²) < 4.78 is 4.87. The molecular weight excluding hydrogens is 290 g/mol.